The predicted molar refractivity (Wildman–Crippen MR) is 233 cm³/mol. The van der Waals surface area contributed by atoms with Gasteiger partial charge in [0.2, 0.25) is 0 Å². The van der Waals surface area contributed by atoms with Gasteiger partial charge in [-0.2, -0.15) is 5.26 Å². The second-order valence-corrected chi connectivity index (χ2v) is 15.7. The third-order valence-corrected chi connectivity index (χ3v) is 12.6. The summed E-state index contributed by atoms with van der Waals surface area (Å²) in [6.45, 7) is 0. The van der Waals surface area contributed by atoms with Crippen LogP contribution in [-0.2, 0) is 5.41 Å². The lowest BCUT2D eigenvalue weighted by molar-refractivity contribution is 0.723. The largest absolute Gasteiger partial charge is 0.208 e. The highest BCUT2D eigenvalue weighted by molar-refractivity contribution is 7.99. The van der Waals surface area contributed by atoms with E-state index in [2.05, 4.69) is 140 Å². The molecule has 0 amide bonds. The van der Waals surface area contributed by atoms with Crippen molar-refractivity contribution in [1.82, 2.24) is 15.0 Å². The van der Waals surface area contributed by atoms with Crippen LogP contribution in [0.15, 0.2) is 204 Å². The predicted octanol–water partition coefficient (Wildman–Crippen LogP) is 12.9. The number of benzene rings is 8. The molecular weight excluding hydrogens is 725 g/mol. The topological polar surface area (TPSA) is 62.5 Å². The number of fused-ring (bicyclic) bond motifs is 9. The highest BCUT2D eigenvalue weighted by Gasteiger charge is 2.50. The van der Waals surface area contributed by atoms with Crippen LogP contribution in [0.2, 0.25) is 0 Å². The van der Waals surface area contributed by atoms with Gasteiger partial charge in [0.25, 0.3) is 0 Å². The summed E-state index contributed by atoms with van der Waals surface area (Å²) in [5, 5.41) is 9.74. The van der Waals surface area contributed by atoms with Crippen molar-refractivity contribution in [3.05, 3.63) is 222 Å². The Labute approximate surface area is 341 Å². The van der Waals surface area contributed by atoms with E-state index in [-0.39, 0.29) is 0 Å². The van der Waals surface area contributed by atoms with E-state index in [0.29, 0.717) is 23.0 Å². The van der Waals surface area contributed by atoms with Crippen LogP contribution in [0.4, 0.5) is 0 Å². The minimum Gasteiger partial charge on any atom is -0.208 e. The SMILES string of the molecule is N#Cc1ccc(-c2cc3c(cc2-c2nc(-c4ccccc4)nc(-c4ccc(-c5ccccc5)cc4)n2)C2(c4ccccc4S3)c3ccccc3-c3ccccc32)cc1. The zero-order valence-corrected chi connectivity index (χ0v) is 32.0. The van der Waals surface area contributed by atoms with Gasteiger partial charge in [-0.3, -0.25) is 0 Å². The molecule has 2 aliphatic rings. The van der Waals surface area contributed by atoms with Crippen LogP contribution in [0.25, 0.3) is 67.5 Å². The molecule has 0 saturated heterocycles. The van der Waals surface area contributed by atoms with Gasteiger partial charge in [0.05, 0.1) is 17.0 Å². The molecule has 1 aromatic heterocycles. The molecule has 1 aliphatic heterocycles. The summed E-state index contributed by atoms with van der Waals surface area (Å²) in [4.78, 5) is 18.1. The lowest BCUT2D eigenvalue weighted by Crippen LogP contribution is -2.32. The number of hydrogen-bond acceptors (Lipinski definition) is 5. The average Bonchev–Trinajstić information content (AvgIpc) is 3.60. The van der Waals surface area contributed by atoms with E-state index in [4.69, 9.17) is 15.0 Å². The molecule has 1 spiro atoms. The molecule has 1 aliphatic carbocycles. The van der Waals surface area contributed by atoms with Crippen LogP contribution in [0.1, 0.15) is 27.8 Å². The maximum atomic E-state index is 9.74. The van der Waals surface area contributed by atoms with Gasteiger partial charge in [0.1, 0.15) is 0 Å². The zero-order valence-electron chi connectivity index (χ0n) is 31.2. The standard InChI is InChI=1S/C53H32N4S/c54-33-34-23-25-37(26-24-34)42-32-49-47(53(46-21-11-12-22-48(46)58-49)44-19-9-7-17-40(44)41-18-8-10-20-45(41)53)31-43(42)52-56-50(38-15-5-2-6-16-38)55-51(57-52)39-29-27-36(28-30-39)35-13-3-1-4-14-35/h1-32H. The fourth-order valence-corrected chi connectivity index (χ4v) is 10.0. The molecule has 0 N–H and O–H groups in total. The van der Waals surface area contributed by atoms with Crippen LogP contribution in [0, 0.1) is 11.3 Å². The minimum absolute atomic E-state index is 0.576. The van der Waals surface area contributed by atoms with Crippen molar-refractivity contribution in [2.24, 2.45) is 0 Å². The van der Waals surface area contributed by atoms with Crippen molar-refractivity contribution in [1.29, 1.82) is 5.26 Å². The number of hydrogen-bond donors (Lipinski definition) is 0. The Morgan fingerprint density at radius 3 is 1.48 bits per heavy atom. The Hall–Kier alpha value is -7.39. The molecule has 58 heavy (non-hydrogen) atoms. The molecule has 0 bridgehead atoms. The molecule has 270 valence electrons. The van der Waals surface area contributed by atoms with E-state index in [0.717, 1.165) is 38.9 Å². The van der Waals surface area contributed by atoms with E-state index in [1.54, 1.807) is 0 Å². The summed E-state index contributed by atoms with van der Waals surface area (Å²) >= 11 is 1.81. The van der Waals surface area contributed by atoms with Crippen LogP contribution >= 0.6 is 11.8 Å². The Kier molecular flexibility index (Phi) is 7.99. The van der Waals surface area contributed by atoms with Crippen LogP contribution in [0.5, 0.6) is 0 Å². The van der Waals surface area contributed by atoms with Crippen molar-refractivity contribution in [2.45, 2.75) is 15.2 Å². The van der Waals surface area contributed by atoms with Crippen molar-refractivity contribution < 1.29 is 0 Å². The summed E-state index contributed by atoms with van der Waals surface area (Å²) in [7, 11) is 0. The summed E-state index contributed by atoms with van der Waals surface area (Å²) in [6.07, 6.45) is 0. The van der Waals surface area contributed by atoms with Gasteiger partial charge in [-0.1, -0.05) is 176 Å². The van der Waals surface area contributed by atoms with Crippen molar-refractivity contribution >= 4 is 11.8 Å². The van der Waals surface area contributed by atoms with Crippen LogP contribution in [0.3, 0.4) is 0 Å². The Morgan fingerprint density at radius 2 is 0.845 bits per heavy atom. The van der Waals surface area contributed by atoms with E-state index < -0.39 is 5.41 Å². The van der Waals surface area contributed by atoms with Gasteiger partial charge in [-0.25, -0.2) is 15.0 Å². The number of nitrogens with zero attached hydrogens (tertiary/aromatic N) is 4. The number of rotatable bonds is 5. The molecule has 11 rings (SSSR count). The zero-order chi connectivity index (χ0) is 38.6. The van der Waals surface area contributed by atoms with Crippen molar-refractivity contribution in [2.75, 3.05) is 0 Å². The van der Waals surface area contributed by atoms with Crippen molar-refractivity contribution in [3.8, 4) is 73.6 Å². The van der Waals surface area contributed by atoms with E-state index in [1.165, 1.54) is 43.2 Å². The monoisotopic (exact) mass is 756 g/mol. The molecular formula is C53H32N4S. The Bertz CT molecular complexity index is 3030. The first kappa shape index (κ1) is 33.9. The summed E-state index contributed by atoms with van der Waals surface area (Å²) in [5.74, 6) is 1.77. The third kappa shape index (κ3) is 5.34. The molecule has 0 atom stereocenters. The maximum Gasteiger partial charge on any atom is 0.164 e. The van der Waals surface area contributed by atoms with E-state index in [1.807, 2.05) is 72.4 Å². The fraction of sp³-hybridized carbons (Fsp3) is 0.0189. The van der Waals surface area contributed by atoms with E-state index in [9.17, 15) is 5.26 Å². The highest BCUT2D eigenvalue weighted by atomic mass is 32.2. The molecule has 5 heteroatoms. The molecule has 0 radical (unpaired) electrons. The molecule has 4 nitrogen and oxygen atoms in total. The second kappa shape index (κ2) is 13.7. The highest BCUT2D eigenvalue weighted by Crippen LogP contribution is 2.63. The quantitative estimate of drug-likeness (QED) is 0.175. The number of nitriles is 1. The maximum absolute atomic E-state index is 9.74. The lowest BCUT2D eigenvalue weighted by atomic mass is 9.67. The molecule has 0 saturated carbocycles. The Morgan fingerprint density at radius 1 is 0.362 bits per heavy atom. The van der Waals surface area contributed by atoms with Crippen LogP contribution in [-0.4, -0.2) is 15.0 Å². The second-order valence-electron chi connectivity index (χ2n) is 14.6. The summed E-state index contributed by atoms with van der Waals surface area (Å²) in [5.41, 5.74) is 14.5. The molecule has 9 aromatic rings. The molecule has 0 unspecified atom stereocenters. The molecule has 2 heterocycles. The number of aromatic nitrogens is 3. The van der Waals surface area contributed by atoms with Crippen LogP contribution < -0.4 is 0 Å². The van der Waals surface area contributed by atoms with Gasteiger partial charge in [0, 0.05) is 26.5 Å². The van der Waals surface area contributed by atoms with E-state index >= 15 is 0 Å². The summed E-state index contributed by atoms with van der Waals surface area (Å²) < 4.78 is 0. The van der Waals surface area contributed by atoms with Gasteiger partial charge >= 0.3 is 0 Å². The van der Waals surface area contributed by atoms with Gasteiger partial charge in [0.15, 0.2) is 17.5 Å². The average molecular weight is 757 g/mol. The lowest BCUT2D eigenvalue weighted by Gasteiger charge is -2.40. The van der Waals surface area contributed by atoms with Gasteiger partial charge in [-0.05, 0) is 86.0 Å². The first-order valence-corrected chi connectivity index (χ1v) is 20.1. The molecule has 8 aromatic carbocycles. The Balaban J connectivity index is 1.20. The fourth-order valence-electron chi connectivity index (χ4n) is 8.83. The smallest absolute Gasteiger partial charge is 0.164 e. The van der Waals surface area contributed by atoms with Crippen molar-refractivity contribution in [3.63, 3.8) is 0 Å². The first-order valence-electron chi connectivity index (χ1n) is 19.3. The minimum atomic E-state index is -0.576. The van der Waals surface area contributed by atoms with Gasteiger partial charge < -0.3 is 0 Å². The molecule has 0 fully saturated rings. The normalized spacial score (nSPS) is 12.9. The van der Waals surface area contributed by atoms with Gasteiger partial charge in [-0.15, -0.1) is 0 Å². The first-order chi connectivity index (χ1) is 28.7. The summed E-state index contributed by atoms with van der Waals surface area (Å²) in [6, 6.07) is 70.3. The third-order valence-electron chi connectivity index (χ3n) is 11.5.